The Kier molecular flexibility index (Phi) is 4.27. The zero-order chi connectivity index (χ0) is 12.2. The van der Waals surface area contributed by atoms with Crippen molar-refractivity contribution in [3.05, 3.63) is 18.0 Å². The molecule has 0 aromatic carbocycles. The van der Waals surface area contributed by atoms with Crippen molar-refractivity contribution >= 4 is 0 Å². The molecule has 1 atom stereocenters. The Labute approximate surface area is 90.3 Å². The third-order valence-corrected chi connectivity index (χ3v) is 1.84. The highest BCUT2D eigenvalue weighted by atomic mass is 19.4. The van der Waals surface area contributed by atoms with Crippen molar-refractivity contribution in [1.82, 2.24) is 15.2 Å². The van der Waals surface area contributed by atoms with E-state index in [4.69, 9.17) is 5.84 Å². The summed E-state index contributed by atoms with van der Waals surface area (Å²) < 4.78 is 41.5. The fourth-order valence-corrected chi connectivity index (χ4v) is 1.13. The lowest BCUT2D eigenvalue weighted by atomic mass is 10.2. The Hall–Kier alpha value is -1.12. The quantitative estimate of drug-likeness (QED) is 0.579. The predicted octanol–water partition coefficient (Wildman–Crippen LogP) is 0.503. The summed E-state index contributed by atoms with van der Waals surface area (Å²) in [6.07, 6.45) is -2.66. The predicted molar refractivity (Wildman–Crippen MR) is 50.1 cm³/mol. The summed E-state index contributed by atoms with van der Waals surface area (Å²) in [7, 11) is 1.70. The van der Waals surface area contributed by atoms with Crippen molar-refractivity contribution in [3.63, 3.8) is 0 Å². The summed E-state index contributed by atoms with van der Waals surface area (Å²) in [6, 6.07) is 1.10. The molecule has 0 bridgehead atoms. The van der Waals surface area contributed by atoms with Crippen molar-refractivity contribution in [3.8, 4) is 0 Å². The molecule has 0 fully saturated rings. The van der Waals surface area contributed by atoms with Crippen LogP contribution >= 0.6 is 0 Å². The molecular weight excluding hydrogens is 225 g/mol. The van der Waals surface area contributed by atoms with Gasteiger partial charge in [0.1, 0.15) is 6.61 Å². The molecule has 1 aromatic heterocycles. The molecule has 1 rings (SSSR count). The first-order valence-corrected chi connectivity index (χ1v) is 4.52. The van der Waals surface area contributed by atoms with Gasteiger partial charge in [0.25, 0.3) is 0 Å². The number of alkyl halides is 3. The van der Waals surface area contributed by atoms with E-state index in [0.29, 0.717) is 5.69 Å². The maximum atomic E-state index is 11.8. The van der Waals surface area contributed by atoms with Gasteiger partial charge in [0.2, 0.25) is 0 Å². The summed E-state index contributed by atoms with van der Waals surface area (Å²) in [5.74, 6) is 5.20. The molecular formula is C8H13F3N4O. The number of hydrogen-bond donors (Lipinski definition) is 2. The van der Waals surface area contributed by atoms with Crippen LogP contribution in [0.15, 0.2) is 12.3 Å². The minimum absolute atomic E-state index is 0.187. The molecule has 0 radical (unpaired) electrons. The van der Waals surface area contributed by atoms with Crippen LogP contribution in [0.1, 0.15) is 11.7 Å². The highest BCUT2D eigenvalue weighted by Crippen LogP contribution is 2.16. The largest absolute Gasteiger partial charge is 0.411 e. The molecule has 3 N–H and O–H groups in total. The third kappa shape index (κ3) is 4.17. The van der Waals surface area contributed by atoms with Crippen LogP contribution in [0.5, 0.6) is 0 Å². The number of ether oxygens (including phenoxy) is 1. The average Bonchev–Trinajstić information content (AvgIpc) is 2.58. The minimum atomic E-state index is -4.33. The van der Waals surface area contributed by atoms with Gasteiger partial charge in [-0.3, -0.25) is 10.5 Å². The molecule has 1 unspecified atom stereocenters. The van der Waals surface area contributed by atoms with Crippen LogP contribution in [0.25, 0.3) is 0 Å². The monoisotopic (exact) mass is 238 g/mol. The van der Waals surface area contributed by atoms with Crippen LogP contribution in [0.2, 0.25) is 0 Å². The van der Waals surface area contributed by atoms with Crippen LogP contribution in [-0.4, -0.2) is 29.2 Å². The maximum Gasteiger partial charge on any atom is 0.411 e. The van der Waals surface area contributed by atoms with Gasteiger partial charge in [-0.05, 0) is 6.07 Å². The second kappa shape index (κ2) is 5.28. The van der Waals surface area contributed by atoms with E-state index in [-0.39, 0.29) is 6.61 Å². The van der Waals surface area contributed by atoms with Gasteiger partial charge in [0.05, 0.1) is 18.3 Å². The molecule has 92 valence electrons. The lowest BCUT2D eigenvalue weighted by molar-refractivity contribution is -0.175. The molecule has 1 aromatic rings. The number of rotatable bonds is 5. The fourth-order valence-electron chi connectivity index (χ4n) is 1.13. The van der Waals surface area contributed by atoms with E-state index in [1.807, 2.05) is 0 Å². The first-order valence-electron chi connectivity index (χ1n) is 4.52. The molecule has 8 heteroatoms. The zero-order valence-corrected chi connectivity index (χ0v) is 8.66. The number of hydrogen-bond acceptors (Lipinski definition) is 4. The lowest BCUT2D eigenvalue weighted by Gasteiger charge is -2.14. The summed E-state index contributed by atoms with van der Waals surface area (Å²) >= 11 is 0. The third-order valence-electron chi connectivity index (χ3n) is 1.84. The second-order valence-electron chi connectivity index (χ2n) is 3.26. The van der Waals surface area contributed by atoms with E-state index < -0.39 is 18.8 Å². The van der Waals surface area contributed by atoms with Crippen molar-refractivity contribution in [2.24, 2.45) is 12.9 Å². The van der Waals surface area contributed by atoms with Crippen LogP contribution < -0.4 is 11.3 Å². The number of aryl methyl sites for hydroxylation is 1. The van der Waals surface area contributed by atoms with Gasteiger partial charge in [-0.25, -0.2) is 5.43 Å². The molecule has 0 saturated carbocycles. The van der Waals surface area contributed by atoms with Crippen LogP contribution in [0.4, 0.5) is 13.2 Å². The zero-order valence-electron chi connectivity index (χ0n) is 8.66. The minimum Gasteiger partial charge on any atom is -0.370 e. The molecule has 5 nitrogen and oxygen atoms in total. The van der Waals surface area contributed by atoms with Gasteiger partial charge >= 0.3 is 6.18 Å². The van der Waals surface area contributed by atoms with Gasteiger partial charge in [-0.15, -0.1) is 0 Å². The van der Waals surface area contributed by atoms with Crippen LogP contribution in [0, 0.1) is 0 Å². The molecule has 1 heterocycles. The van der Waals surface area contributed by atoms with E-state index in [1.165, 1.54) is 4.68 Å². The summed E-state index contributed by atoms with van der Waals surface area (Å²) in [6.45, 7) is -1.48. The number of hydrazine groups is 1. The Balaban J connectivity index is 2.44. The summed E-state index contributed by atoms with van der Waals surface area (Å²) in [5, 5.41) is 4.01. The highest BCUT2D eigenvalue weighted by molar-refractivity contribution is 5.04. The van der Waals surface area contributed by atoms with Gasteiger partial charge < -0.3 is 4.74 Å². The van der Waals surface area contributed by atoms with Crippen molar-refractivity contribution in [2.75, 3.05) is 13.2 Å². The Morgan fingerprint density at radius 2 is 2.31 bits per heavy atom. The van der Waals surface area contributed by atoms with Crippen LogP contribution in [0.3, 0.4) is 0 Å². The Morgan fingerprint density at radius 3 is 2.75 bits per heavy atom. The van der Waals surface area contributed by atoms with Crippen molar-refractivity contribution in [1.29, 1.82) is 0 Å². The molecule has 0 spiro atoms. The number of nitrogens with zero attached hydrogens (tertiary/aromatic N) is 2. The van der Waals surface area contributed by atoms with E-state index in [2.05, 4.69) is 15.3 Å². The highest BCUT2D eigenvalue weighted by Gasteiger charge is 2.28. The SMILES string of the molecule is Cn1ccc(C(COCC(F)(F)F)NN)n1. The van der Waals surface area contributed by atoms with Gasteiger partial charge in [0.15, 0.2) is 0 Å². The van der Waals surface area contributed by atoms with E-state index in [1.54, 1.807) is 19.3 Å². The number of nitrogens with one attached hydrogen (secondary N) is 1. The molecule has 16 heavy (non-hydrogen) atoms. The second-order valence-corrected chi connectivity index (χ2v) is 3.26. The summed E-state index contributed by atoms with van der Waals surface area (Å²) in [5.41, 5.74) is 2.88. The van der Waals surface area contributed by atoms with Crippen LogP contribution in [-0.2, 0) is 11.8 Å². The number of aromatic nitrogens is 2. The molecule has 0 aliphatic carbocycles. The van der Waals surface area contributed by atoms with E-state index >= 15 is 0 Å². The van der Waals surface area contributed by atoms with E-state index in [9.17, 15) is 13.2 Å². The number of nitrogens with two attached hydrogens (primary N) is 1. The molecule has 0 saturated heterocycles. The first kappa shape index (κ1) is 12.9. The molecule has 0 amide bonds. The van der Waals surface area contributed by atoms with Crippen molar-refractivity contribution < 1.29 is 17.9 Å². The first-order chi connectivity index (χ1) is 7.42. The lowest BCUT2D eigenvalue weighted by Crippen LogP contribution is -2.33. The Morgan fingerprint density at radius 1 is 1.62 bits per heavy atom. The molecule has 0 aliphatic heterocycles. The summed E-state index contributed by atoms with van der Waals surface area (Å²) in [4.78, 5) is 0. The van der Waals surface area contributed by atoms with Gasteiger partial charge in [-0.1, -0.05) is 0 Å². The maximum absolute atomic E-state index is 11.8. The topological polar surface area (TPSA) is 65.1 Å². The standard InChI is InChI=1S/C8H13F3N4O/c1-15-3-2-6(14-15)7(13-12)4-16-5-8(9,10)11/h2-3,7,13H,4-5,12H2,1H3. The molecule has 0 aliphatic rings. The van der Waals surface area contributed by atoms with Crippen molar-refractivity contribution in [2.45, 2.75) is 12.2 Å². The van der Waals surface area contributed by atoms with Gasteiger partial charge in [0, 0.05) is 13.2 Å². The Bertz CT molecular complexity index is 325. The normalized spacial score (nSPS) is 14.1. The fraction of sp³-hybridized carbons (Fsp3) is 0.625. The van der Waals surface area contributed by atoms with Gasteiger partial charge in [-0.2, -0.15) is 18.3 Å². The van der Waals surface area contributed by atoms with E-state index in [0.717, 1.165) is 0 Å². The average molecular weight is 238 g/mol. The number of halogens is 3. The smallest absolute Gasteiger partial charge is 0.370 e.